The summed E-state index contributed by atoms with van der Waals surface area (Å²) in [5.41, 5.74) is 9.18. The van der Waals surface area contributed by atoms with Crippen molar-refractivity contribution in [2.45, 2.75) is 6.54 Å². The Kier molecular flexibility index (Phi) is 3.22. The zero-order valence-corrected chi connectivity index (χ0v) is 9.31. The minimum atomic E-state index is 0.536. The molecular weight excluding hydrogens is 198 g/mol. The standard InChI is InChI=1S/C14H15NO/c1-16-13-8-7-12(10-15)14(9-13)11-5-3-2-4-6-11/h2-9H,10,15H2,1H3. The summed E-state index contributed by atoms with van der Waals surface area (Å²) in [6, 6.07) is 16.2. The van der Waals surface area contributed by atoms with E-state index in [0.29, 0.717) is 6.54 Å². The van der Waals surface area contributed by atoms with Crippen molar-refractivity contribution in [2.24, 2.45) is 5.73 Å². The molecule has 16 heavy (non-hydrogen) atoms. The van der Waals surface area contributed by atoms with Crippen molar-refractivity contribution in [3.63, 3.8) is 0 Å². The molecule has 0 radical (unpaired) electrons. The van der Waals surface area contributed by atoms with Gasteiger partial charge in [0.1, 0.15) is 5.75 Å². The Bertz CT molecular complexity index is 465. The number of methoxy groups -OCH3 is 1. The Balaban J connectivity index is 2.53. The molecule has 2 rings (SSSR count). The molecule has 0 saturated carbocycles. The van der Waals surface area contributed by atoms with Crippen molar-refractivity contribution in [2.75, 3.05) is 7.11 Å². The molecule has 2 nitrogen and oxygen atoms in total. The van der Waals surface area contributed by atoms with Crippen LogP contribution in [-0.2, 0) is 6.54 Å². The summed E-state index contributed by atoms with van der Waals surface area (Å²) in [7, 11) is 1.67. The first-order valence-electron chi connectivity index (χ1n) is 5.27. The SMILES string of the molecule is COc1ccc(CN)c(-c2ccccc2)c1. The van der Waals surface area contributed by atoms with E-state index in [9.17, 15) is 0 Å². The van der Waals surface area contributed by atoms with Gasteiger partial charge in [-0.2, -0.15) is 0 Å². The van der Waals surface area contributed by atoms with E-state index in [1.165, 1.54) is 5.56 Å². The van der Waals surface area contributed by atoms with Crippen molar-refractivity contribution in [1.82, 2.24) is 0 Å². The van der Waals surface area contributed by atoms with Gasteiger partial charge in [0, 0.05) is 6.54 Å². The molecule has 0 aromatic heterocycles. The monoisotopic (exact) mass is 213 g/mol. The van der Waals surface area contributed by atoms with Crippen molar-refractivity contribution in [3.8, 4) is 16.9 Å². The third kappa shape index (κ3) is 2.07. The Morgan fingerprint density at radius 2 is 1.81 bits per heavy atom. The van der Waals surface area contributed by atoms with E-state index in [-0.39, 0.29) is 0 Å². The molecule has 0 heterocycles. The lowest BCUT2D eigenvalue weighted by atomic mass is 9.99. The van der Waals surface area contributed by atoms with Crippen LogP contribution in [0.4, 0.5) is 0 Å². The maximum Gasteiger partial charge on any atom is 0.119 e. The smallest absolute Gasteiger partial charge is 0.119 e. The fourth-order valence-electron chi connectivity index (χ4n) is 1.75. The van der Waals surface area contributed by atoms with Gasteiger partial charge in [0.2, 0.25) is 0 Å². The van der Waals surface area contributed by atoms with Crippen LogP contribution < -0.4 is 10.5 Å². The van der Waals surface area contributed by atoms with Crippen LogP contribution in [0.15, 0.2) is 48.5 Å². The molecule has 0 aliphatic rings. The van der Waals surface area contributed by atoms with E-state index >= 15 is 0 Å². The highest BCUT2D eigenvalue weighted by Gasteiger charge is 2.05. The maximum absolute atomic E-state index is 5.74. The largest absolute Gasteiger partial charge is 0.497 e. The fraction of sp³-hybridized carbons (Fsp3) is 0.143. The quantitative estimate of drug-likeness (QED) is 0.850. The lowest BCUT2D eigenvalue weighted by Gasteiger charge is -2.10. The van der Waals surface area contributed by atoms with Gasteiger partial charge in [0.15, 0.2) is 0 Å². The highest BCUT2D eigenvalue weighted by atomic mass is 16.5. The molecule has 2 aromatic rings. The Morgan fingerprint density at radius 3 is 2.44 bits per heavy atom. The average molecular weight is 213 g/mol. The van der Waals surface area contributed by atoms with Crippen LogP contribution in [0.2, 0.25) is 0 Å². The summed E-state index contributed by atoms with van der Waals surface area (Å²) in [4.78, 5) is 0. The van der Waals surface area contributed by atoms with Gasteiger partial charge in [-0.3, -0.25) is 0 Å². The van der Waals surface area contributed by atoms with Gasteiger partial charge in [0.25, 0.3) is 0 Å². The molecule has 0 atom stereocenters. The first-order chi connectivity index (χ1) is 7.85. The zero-order chi connectivity index (χ0) is 11.4. The molecule has 0 fully saturated rings. The van der Waals surface area contributed by atoms with Gasteiger partial charge in [-0.1, -0.05) is 36.4 Å². The number of ether oxygens (including phenoxy) is 1. The van der Waals surface area contributed by atoms with Gasteiger partial charge in [-0.05, 0) is 28.8 Å². The van der Waals surface area contributed by atoms with E-state index < -0.39 is 0 Å². The molecule has 2 heteroatoms. The predicted octanol–water partition coefficient (Wildman–Crippen LogP) is 2.82. The van der Waals surface area contributed by atoms with Crippen molar-refractivity contribution < 1.29 is 4.74 Å². The van der Waals surface area contributed by atoms with Crippen LogP contribution in [0.5, 0.6) is 5.75 Å². The number of hydrogen-bond acceptors (Lipinski definition) is 2. The van der Waals surface area contributed by atoms with E-state index in [0.717, 1.165) is 16.9 Å². The lowest BCUT2D eigenvalue weighted by Crippen LogP contribution is -1.99. The van der Waals surface area contributed by atoms with Crippen LogP contribution in [-0.4, -0.2) is 7.11 Å². The van der Waals surface area contributed by atoms with Gasteiger partial charge in [-0.15, -0.1) is 0 Å². The molecule has 2 N–H and O–H groups in total. The maximum atomic E-state index is 5.74. The molecule has 0 aliphatic heterocycles. The van der Waals surface area contributed by atoms with Crippen LogP contribution in [0.1, 0.15) is 5.56 Å². The van der Waals surface area contributed by atoms with Gasteiger partial charge in [-0.25, -0.2) is 0 Å². The molecule has 0 bridgehead atoms. The van der Waals surface area contributed by atoms with Crippen LogP contribution in [0, 0.1) is 0 Å². The second-order valence-electron chi connectivity index (χ2n) is 3.59. The molecule has 0 saturated heterocycles. The average Bonchev–Trinajstić information content (AvgIpc) is 2.39. The van der Waals surface area contributed by atoms with E-state index in [1.807, 2.05) is 36.4 Å². The molecule has 0 unspecified atom stereocenters. The minimum absolute atomic E-state index is 0.536. The lowest BCUT2D eigenvalue weighted by molar-refractivity contribution is 0.415. The van der Waals surface area contributed by atoms with E-state index in [2.05, 4.69) is 12.1 Å². The summed E-state index contributed by atoms with van der Waals surface area (Å²) in [6.45, 7) is 0.536. The van der Waals surface area contributed by atoms with Gasteiger partial charge >= 0.3 is 0 Å². The van der Waals surface area contributed by atoms with Crippen molar-refractivity contribution in [1.29, 1.82) is 0 Å². The predicted molar refractivity (Wildman–Crippen MR) is 66.3 cm³/mol. The zero-order valence-electron chi connectivity index (χ0n) is 9.31. The highest BCUT2D eigenvalue weighted by Crippen LogP contribution is 2.27. The normalized spacial score (nSPS) is 10.1. The van der Waals surface area contributed by atoms with Crippen molar-refractivity contribution in [3.05, 3.63) is 54.1 Å². The Labute approximate surface area is 95.7 Å². The summed E-state index contributed by atoms with van der Waals surface area (Å²) < 4.78 is 5.24. The first-order valence-corrected chi connectivity index (χ1v) is 5.27. The third-order valence-electron chi connectivity index (χ3n) is 2.62. The van der Waals surface area contributed by atoms with E-state index in [4.69, 9.17) is 10.5 Å². The highest BCUT2D eigenvalue weighted by molar-refractivity contribution is 5.69. The van der Waals surface area contributed by atoms with Crippen LogP contribution >= 0.6 is 0 Å². The second kappa shape index (κ2) is 4.81. The molecule has 0 aliphatic carbocycles. The number of benzene rings is 2. The molecular formula is C14H15NO. The molecule has 82 valence electrons. The van der Waals surface area contributed by atoms with Crippen LogP contribution in [0.3, 0.4) is 0 Å². The Hall–Kier alpha value is -1.80. The third-order valence-corrected chi connectivity index (χ3v) is 2.62. The van der Waals surface area contributed by atoms with Gasteiger partial charge < -0.3 is 10.5 Å². The van der Waals surface area contributed by atoms with Crippen molar-refractivity contribution >= 4 is 0 Å². The first kappa shape index (κ1) is 10.7. The number of rotatable bonds is 3. The van der Waals surface area contributed by atoms with E-state index in [1.54, 1.807) is 7.11 Å². The summed E-state index contributed by atoms with van der Waals surface area (Å²) >= 11 is 0. The summed E-state index contributed by atoms with van der Waals surface area (Å²) in [6.07, 6.45) is 0. The van der Waals surface area contributed by atoms with Crippen LogP contribution in [0.25, 0.3) is 11.1 Å². The molecule has 0 amide bonds. The second-order valence-corrected chi connectivity index (χ2v) is 3.59. The van der Waals surface area contributed by atoms with Gasteiger partial charge in [0.05, 0.1) is 7.11 Å². The summed E-state index contributed by atoms with van der Waals surface area (Å²) in [5, 5.41) is 0. The topological polar surface area (TPSA) is 35.2 Å². The Morgan fingerprint density at radius 1 is 1.06 bits per heavy atom. The molecule has 0 spiro atoms. The summed E-state index contributed by atoms with van der Waals surface area (Å²) in [5.74, 6) is 0.857. The number of hydrogen-bond donors (Lipinski definition) is 1. The molecule has 2 aromatic carbocycles. The minimum Gasteiger partial charge on any atom is -0.497 e. The number of nitrogens with two attached hydrogens (primary N) is 1. The fourth-order valence-corrected chi connectivity index (χ4v) is 1.75.